The van der Waals surface area contributed by atoms with E-state index < -0.39 is 10.0 Å². The van der Waals surface area contributed by atoms with Crippen LogP contribution >= 0.6 is 0 Å². The fourth-order valence-corrected chi connectivity index (χ4v) is 3.97. The quantitative estimate of drug-likeness (QED) is 0.764. The number of sulfonamides is 1. The molecule has 118 valence electrons. The maximum Gasteiger partial charge on any atom is 0.240 e. The predicted octanol–water partition coefficient (Wildman–Crippen LogP) is 1.93. The molecular formula is C15H13FN4O2S. The molecule has 0 bridgehead atoms. The third kappa shape index (κ3) is 2.71. The van der Waals surface area contributed by atoms with E-state index in [1.165, 1.54) is 24.3 Å². The van der Waals surface area contributed by atoms with Gasteiger partial charge in [-0.2, -0.15) is 15.4 Å². The Morgan fingerprint density at radius 1 is 1.09 bits per heavy atom. The van der Waals surface area contributed by atoms with Crippen LogP contribution in [0, 0.1) is 5.82 Å². The highest BCUT2D eigenvalue weighted by Gasteiger charge is 2.41. The molecule has 3 aromatic rings. The summed E-state index contributed by atoms with van der Waals surface area (Å²) in [5.74, 6) is -0.214. The fourth-order valence-electron chi connectivity index (χ4n) is 2.66. The molecule has 0 unspecified atom stereocenters. The zero-order chi connectivity index (χ0) is 16.0. The molecular weight excluding hydrogens is 319 g/mol. The molecule has 0 saturated heterocycles. The maximum absolute atomic E-state index is 12.9. The van der Waals surface area contributed by atoms with Crippen molar-refractivity contribution in [1.29, 1.82) is 0 Å². The molecule has 2 aromatic carbocycles. The van der Waals surface area contributed by atoms with Crippen LogP contribution in [0.4, 0.5) is 4.39 Å². The van der Waals surface area contributed by atoms with Crippen LogP contribution in [0.25, 0.3) is 11.0 Å². The summed E-state index contributed by atoms with van der Waals surface area (Å²) >= 11 is 0. The van der Waals surface area contributed by atoms with Crippen molar-refractivity contribution in [2.75, 3.05) is 0 Å². The van der Waals surface area contributed by atoms with Crippen LogP contribution in [-0.4, -0.2) is 29.9 Å². The molecule has 1 aliphatic rings. The minimum absolute atomic E-state index is 0.0844. The van der Waals surface area contributed by atoms with Gasteiger partial charge in [-0.15, -0.1) is 0 Å². The second-order valence-corrected chi connectivity index (χ2v) is 7.31. The van der Waals surface area contributed by atoms with Gasteiger partial charge in [0.15, 0.2) is 0 Å². The summed E-state index contributed by atoms with van der Waals surface area (Å²) in [4.78, 5) is 0.156. The van der Waals surface area contributed by atoms with Crippen LogP contribution in [-0.2, 0) is 10.0 Å². The van der Waals surface area contributed by atoms with Gasteiger partial charge in [0.05, 0.1) is 4.90 Å². The monoisotopic (exact) mass is 332 g/mol. The number of hydrogen-bond donors (Lipinski definition) is 2. The Hall–Kier alpha value is -2.32. The Balaban J connectivity index is 1.53. The molecule has 8 heteroatoms. The first-order valence-electron chi connectivity index (χ1n) is 7.11. The number of hydrogen-bond acceptors (Lipinski definition) is 4. The van der Waals surface area contributed by atoms with Crippen molar-refractivity contribution in [3.63, 3.8) is 0 Å². The third-order valence-corrected chi connectivity index (χ3v) is 5.48. The lowest BCUT2D eigenvalue weighted by Crippen LogP contribution is -2.26. The third-order valence-electron chi connectivity index (χ3n) is 3.99. The molecule has 1 aliphatic carbocycles. The number of nitrogens with zero attached hydrogens (tertiary/aromatic N) is 2. The Morgan fingerprint density at radius 2 is 1.83 bits per heavy atom. The Labute approximate surface area is 131 Å². The van der Waals surface area contributed by atoms with Crippen LogP contribution in [0.5, 0.6) is 0 Å². The van der Waals surface area contributed by atoms with Gasteiger partial charge in [-0.25, -0.2) is 17.5 Å². The first-order chi connectivity index (χ1) is 11.0. The van der Waals surface area contributed by atoms with Crippen LogP contribution in [0.1, 0.15) is 17.9 Å². The summed E-state index contributed by atoms with van der Waals surface area (Å²) in [5, 5.41) is 10.2. The topological polar surface area (TPSA) is 87.7 Å². The Bertz CT molecular complexity index is 969. The number of fused-ring (bicyclic) bond motifs is 1. The first-order valence-corrected chi connectivity index (χ1v) is 8.59. The number of benzene rings is 2. The highest BCUT2D eigenvalue weighted by Crippen LogP contribution is 2.41. The van der Waals surface area contributed by atoms with Gasteiger partial charge in [0.25, 0.3) is 0 Å². The smallest absolute Gasteiger partial charge is 0.207 e. The van der Waals surface area contributed by atoms with Crippen molar-refractivity contribution in [2.45, 2.75) is 23.3 Å². The second kappa shape index (κ2) is 5.10. The van der Waals surface area contributed by atoms with E-state index in [-0.39, 0.29) is 22.7 Å². The molecule has 2 atom stereocenters. The second-order valence-electron chi connectivity index (χ2n) is 5.60. The lowest BCUT2D eigenvalue weighted by atomic mass is 10.1. The van der Waals surface area contributed by atoms with E-state index >= 15 is 0 Å². The number of halogens is 1. The first kappa shape index (κ1) is 14.3. The molecule has 23 heavy (non-hydrogen) atoms. The molecule has 0 radical (unpaired) electrons. The van der Waals surface area contributed by atoms with Crippen molar-refractivity contribution in [3.05, 3.63) is 53.8 Å². The van der Waals surface area contributed by atoms with E-state index in [9.17, 15) is 12.8 Å². The van der Waals surface area contributed by atoms with Gasteiger partial charge >= 0.3 is 0 Å². The minimum atomic E-state index is -3.62. The van der Waals surface area contributed by atoms with Gasteiger partial charge in [0.1, 0.15) is 16.9 Å². The highest BCUT2D eigenvalue weighted by molar-refractivity contribution is 7.89. The number of aromatic nitrogens is 3. The van der Waals surface area contributed by atoms with Crippen LogP contribution < -0.4 is 4.72 Å². The number of H-pyrrole nitrogens is 1. The summed E-state index contributed by atoms with van der Waals surface area (Å²) in [7, 11) is -3.62. The lowest BCUT2D eigenvalue weighted by molar-refractivity contribution is 0.580. The normalized spacial score (nSPS) is 20.7. The van der Waals surface area contributed by atoms with E-state index in [4.69, 9.17) is 0 Å². The van der Waals surface area contributed by atoms with Crippen molar-refractivity contribution < 1.29 is 12.8 Å². The molecule has 4 rings (SSSR count). The number of nitrogens with one attached hydrogen (secondary N) is 2. The molecule has 1 heterocycles. The Kier molecular flexibility index (Phi) is 3.17. The fraction of sp³-hybridized carbons (Fsp3) is 0.200. The predicted molar refractivity (Wildman–Crippen MR) is 81.8 cm³/mol. The van der Waals surface area contributed by atoms with Gasteiger partial charge in [-0.1, -0.05) is 12.1 Å². The van der Waals surface area contributed by atoms with Crippen molar-refractivity contribution in [1.82, 2.24) is 20.1 Å². The number of aromatic amines is 1. The van der Waals surface area contributed by atoms with Crippen LogP contribution in [0.2, 0.25) is 0 Å². The largest absolute Gasteiger partial charge is 0.240 e. The van der Waals surface area contributed by atoms with E-state index in [2.05, 4.69) is 20.1 Å². The molecule has 0 spiro atoms. The average Bonchev–Trinajstić information content (AvgIpc) is 3.11. The van der Waals surface area contributed by atoms with E-state index in [1.54, 1.807) is 18.2 Å². The molecule has 1 aromatic heterocycles. The van der Waals surface area contributed by atoms with Crippen LogP contribution in [0.3, 0.4) is 0 Å². The van der Waals surface area contributed by atoms with E-state index in [0.717, 1.165) is 5.56 Å². The summed E-state index contributed by atoms with van der Waals surface area (Å²) in [6, 6.07) is 10.6. The Morgan fingerprint density at radius 3 is 2.61 bits per heavy atom. The SMILES string of the molecule is O=S(=O)(N[C@@H]1C[C@H]1c1ccc(F)cc1)c1ccc2n[nH]nc2c1. The lowest BCUT2D eigenvalue weighted by Gasteiger charge is -2.06. The molecule has 1 fully saturated rings. The summed E-state index contributed by atoms with van der Waals surface area (Å²) < 4.78 is 40.5. The van der Waals surface area contributed by atoms with Crippen molar-refractivity contribution in [2.24, 2.45) is 0 Å². The van der Waals surface area contributed by atoms with Crippen LogP contribution in [0.15, 0.2) is 47.4 Å². The summed E-state index contributed by atoms with van der Waals surface area (Å²) in [6.45, 7) is 0. The zero-order valence-corrected chi connectivity index (χ0v) is 12.7. The maximum atomic E-state index is 12.9. The molecule has 0 aliphatic heterocycles. The highest BCUT2D eigenvalue weighted by atomic mass is 32.2. The molecule has 0 amide bonds. The van der Waals surface area contributed by atoms with E-state index in [1.807, 2.05) is 0 Å². The molecule has 6 nitrogen and oxygen atoms in total. The zero-order valence-electron chi connectivity index (χ0n) is 11.9. The van der Waals surface area contributed by atoms with Gasteiger partial charge in [0, 0.05) is 12.0 Å². The van der Waals surface area contributed by atoms with Gasteiger partial charge < -0.3 is 0 Å². The number of rotatable bonds is 4. The summed E-state index contributed by atoms with van der Waals surface area (Å²) in [6.07, 6.45) is 0.705. The molecule has 1 saturated carbocycles. The average molecular weight is 332 g/mol. The molecule has 2 N–H and O–H groups in total. The van der Waals surface area contributed by atoms with Gasteiger partial charge in [-0.05, 0) is 42.3 Å². The summed E-state index contributed by atoms with van der Waals surface area (Å²) in [5.41, 5.74) is 2.05. The van der Waals surface area contributed by atoms with E-state index in [0.29, 0.717) is 17.5 Å². The van der Waals surface area contributed by atoms with Crippen molar-refractivity contribution in [3.8, 4) is 0 Å². The van der Waals surface area contributed by atoms with Crippen molar-refractivity contribution >= 4 is 21.1 Å². The minimum Gasteiger partial charge on any atom is -0.207 e. The van der Waals surface area contributed by atoms with Gasteiger partial charge in [-0.3, -0.25) is 0 Å². The van der Waals surface area contributed by atoms with Gasteiger partial charge in [0.2, 0.25) is 10.0 Å². The standard InChI is InChI=1S/C15H13FN4O2S/c16-10-3-1-9(2-4-10)12-8-14(12)19-23(21,22)11-5-6-13-15(7-11)18-20-17-13/h1-7,12,14,19H,8H2,(H,17,18,20)/t12-,14+/m0/s1.